The zero-order valence-electron chi connectivity index (χ0n) is 12.7. The molecule has 0 spiro atoms. The fourth-order valence-corrected chi connectivity index (χ4v) is 3.33. The molecule has 23 heavy (non-hydrogen) atoms. The Kier molecular flexibility index (Phi) is 3.96. The maximum atomic E-state index is 12.5. The van der Waals surface area contributed by atoms with E-state index in [4.69, 9.17) is 0 Å². The number of aryl methyl sites for hydroxylation is 2. The van der Waals surface area contributed by atoms with E-state index in [9.17, 15) is 14.7 Å². The zero-order chi connectivity index (χ0) is 16.6. The van der Waals surface area contributed by atoms with Crippen LogP contribution in [-0.4, -0.2) is 16.3 Å². The van der Waals surface area contributed by atoms with E-state index >= 15 is 0 Å². The number of benzene rings is 2. The third-order valence-corrected chi connectivity index (χ3v) is 4.49. The van der Waals surface area contributed by atoms with Gasteiger partial charge in [0.05, 0.1) is 10.6 Å². The second-order valence-electron chi connectivity index (χ2n) is 5.36. The highest BCUT2D eigenvalue weighted by molar-refractivity contribution is 8.19. The van der Waals surface area contributed by atoms with E-state index < -0.39 is 0 Å². The highest BCUT2D eigenvalue weighted by atomic mass is 32.2. The van der Waals surface area contributed by atoms with Crippen molar-refractivity contribution in [3.63, 3.8) is 0 Å². The van der Waals surface area contributed by atoms with Crippen LogP contribution in [0.25, 0.3) is 6.08 Å². The van der Waals surface area contributed by atoms with Gasteiger partial charge < -0.3 is 5.11 Å². The summed E-state index contributed by atoms with van der Waals surface area (Å²) in [4.78, 5) is 26.2. The SMILES string of the molecule is Cc1cc(C=C2SC(=O)N(c3ccccc3)C2=O)cc(C)c1O. The number of carbonyl (C=O) groups excluding carboxylic acids is 2. The molecule has 2 aromatic carbocycles. The van der Waals surface area contributed by atoms with Crippen LogP contribution >= 0.6 is 11.8 Å². The number of para-hydroxylation sites is 1. The van der Waals surface area contributed by atoms with Crippen molar-refractivity contribution >= 4 is 34.7 Å². The van der Waals surface area contributed by atoms with Crippen LogP contribution in [0.1, 0.15) is 16.7 Å². The van der Waals surface area contributed by atoms with Crippen molar-refractivity contribution < 1.29 is 14.7 Å². The van der Waals surface area contributed by atoms with Crippen LogP contribution in [0.4, 0.5) is 10.5 Å². The molecule has 1 aliphatic heterocycles. The molecule has 0 bridgehead atoms. The molecule has 1 heterocycles. The summed E-state index contributed by atoms with van der Waals surface area (Å²) in [6, 6.07) is 12.4. The Morgan fingerprint density at radius 3 is 2.26 bits per heavy atom. The number of amides is 2. The van der Waals surface area contributed by atoms with Crippen LogP contribution in [0, 0.1) is 13.8 Å². The number of carbonyl (C=O) groups is 2. The first-order valence-corrected chi connectivity index (χ1v) is 7.92. The van der Waals surface area contributed by atoms with Crippen molar-refractivity contribution in [1.29, 1.82) is 0 Å². The van der Waals surface area contributed by atoms with Gasteiger partial charge in [-0.25, -0.2) is 4.90 Å². The summed E-state index contributed by atoms with van der Waals surface area (Å²) >= 11 is 0.923. The van der Waals surface area contributed by atoms with Gasteiger partial charge in [-0.2, -0.15) is 0 Å². The Morgan fingerprint density at radius 2 is 1.65 bits per heavy atom. The minimum Gasteiger partial charge on any atom is -0.507 e. The number of anilines is 1. The van der Waals surface area contributed by atoms with E-state index in [0.29, 0.717) is 10.6 Å². The van der Waals surface area contributed by atoms with Crippen molar-refractivity contribution in [2.75, 3.05) is 4.90 Å². The maximum Gasteiger partial charge on any atom is 0.298 e. The van der Waals surface area contributed by atoms with Gasteiger partial charge in [0.25, 0.3) is 11.1 Å². The fraction of sp³-hybridized carbons (Fsp3) is 0.111. The molecule has 0 aliphatic carbocycles. The molecular weight excluding hydrogens is 310 g/mol. The lowest BCUT2D eigenvalue weighted by atomic mass is 10.1. The van der Waals surface area contributed by atoms with Crippen molar-refractivity contribution in [2.45, 2.75) is 13.8 Å². The van der Waals surface area contributed by atoms with Crippen molar-refractivity contribution in [3.8, 4) is 5.75 Å². The van der Waals surface area contributed by atoms with Crippen LogP contribution in [0.5, 0.6) is 5.75 Å². The number of thioether (sulfide) groups is 1. The predicted octanol–water partition coefficient (Wildman–Crippen LogP) is 4.25. The van der Waals surface area contributed by atoms with Gasteiger partial charge >= 0.3 is 0 Å². The second kappa shape index (κ2) is 5.93. The zero-order valence-corrected chi connectivity index (χ0v) is 13.6. The Bertz CT molecular complexity index is 804. The van der Waals surface area contributed by atoms with Crippen molar-refractivity contribution in [2.24, 2.45) is 0 Å². The summed E-state index contributed by atoms with van der Waals surface area (Å²) in [5.74, 6) is -0.0749. The summed E-state index contributed by atoms with van der Waals surface area (Å²) in [6.45, 7) is 3.60. The first-order chi connectivity index (χ1) is 11.0. The predicted molar refractivity (Wildman–Crippen MR) is 92.5 cm³/mol. The smallest absolute Gasteiger partial charge is 0.298 e. The largest absolute Gasteiger partial charge is 0.507 e. The Hall–Kier alpha value is -2.53. The molecule has 5 heteroatoms. The molecule has 2 amide bonds. The van der Waals surface area contributed by atoms with Gasteiger partial charge in [-0.15, -0.1) is 0 Å². The molecule has 0 radical (unpaired) electrons. The van der Waals surface area contributed by atoms with Crippen LogP contribution in [0.15, 0.2) is 47.4 Å². The maximum absolute atomic E-state index is 12.5. The quantitative estimate of drug-likeness (QED) is 0.839. The average molecular weight is 325 g/mol. The Labute approximate surface area is 138 Å². The molecule has 0 unspecified atom stereocenters. The monoisotopic (exact) mass is 325 g/mol. The lowest BCUT2D eigenvalue weighted by molar-refractivity contribution is -0.113. The summed E-state index contributed by atoms with van der Waals surface area (Å²) in [6.07, 6.45) is 1.69. The number of hydrogen-bond acceptors (Lipinski definition) is 4. The molecule has 0 atom stereocenters. The van der Waals surface area contributed by atoms with Gasteiger partial charge in [0.2, 0.25) is 0 Å². The van der Waals surface area contributed by atoms with E-state index in [-0.39, 0.29) is 16.9 Å². The minimum atomic E-state index is -0.324. The lowest BCUT2D eigenvalue weighted by Crippen LogP contribution is -2.27. The van der Waals surface area contributed by atoms with Gasteiger partial charge in [0.1, 0.15) is 5.75 Å². The normalized spacial score (nSPS) is 16.4. The summed E-state index contributed by atoms with van der Waals surface area (Å²) < 4.78 is 0. The highest BCUT2D eigenvalue weighted by Crippen LogP contribution is 2.36. The molecule has 0 aromatic heterocycles. The first-order valence-electron chi connectivity index (χ1n) is 7.10. The second-order valence-corrected chi connectivity index (χ2v) is 6.35. The molecule has 1 N–H and O–H groups in total. The molecule has 4 nitrogen and oxygen atoms in total. The number of nitrogens with zero attached hydrogens (tertiary/aromatic N) is 1. The standard InChI is InChI=1S/C18H15NO3S/c1-11-8-13(9-12(2)16(11)20)10-15-17(21)19(18(22)23-15)14-6-4-3-5-7-14/h3-10,20H,1-2H3. The van der Waals surface area contributed by atoms with Crippen molar-refractivity contribution in [1.82, 2.24) is 0 Å². The van der Waals surface area contributed by atoms with E-state index in [1.54, 1.807) is 56.3 Å². The molecule has 116 valence electrons. The summed E-state index contributed by atoms with van der Waals surface area (Å²) in [5, 5.41) is 9.52. The van der Waals surface area contributed by atoms with Crippen LogP contribution in [0.2, 0.25) is 0 Å². The number of aromatic hydroxyl groups is 1. The van der Waals surface area contributed by atoms with E-state index in [1.165, 1.54) is 4.90 Å². The van der Waals surface area contributed by atoms with E-state index in [2.05, 4.69) is 0 Å². The summed E-state index contributed by atoms with van der Waals surface area (Å²) in [7, 11) is 0. The number of phenols is 1. The minimum absolute atomic E-state index is 0.250. The fourth-order valence-electron chi connectivity index (χ4n) is 2.49. The molecule has 1 saturated heterocycles. The molecule has 3 rings (SSSR count). The molecule has 1 fully saturated rings. The molecule has 0 saturated carbocycles. The van der Waals surface area contributed by atoms with Crippen molar-refractivity contribution in [3.05, 3.63) is 64.1 Å². The van der Waals surface area contributed by atoms with Gasteiger partial charge in [0, 0.05) is 0 Å². The van der Waals surface area contributed by atoms with E-state index in [0.717, 1.165) is 28.5 Å². The van der Waals surface area contributed by atoms with E-state index in [1.807, 2.05) is 6.07 Å². The van der Waals surface area contributed by atoms with Gasteiger partial charge in [-0.1, -0.05) is 18.2 Å². The third-order valence-electron chi connectivity index (χ3n) is 3.62. The Balaban J connectivity index is 1.96. The van der Waals surface area contributed by atoms with Crippen LogP contribution < -0.4 is 4.90 Å². The van der Waals surface area contributed by atoms with Gasteiger partial charge in [-0.3, -0.25) is 9.59 Å². The van der Waals surface area contributed by atoms with Gasteiger partial charge in [0.15, 0.2) is 0 Å². The molecule has 2 aromatic rings. The number of rotatable bonds is 2. The Morgan fingerprint density at radius 1 is 1.04 bits per heavy atom. The van der Waals surface area contributed by atoms with Crippen LogP contribution in [-0.2, 0) is 4.79 Å². The van der Waals surface area contributed by atoms with Crippen LogP contribution in [0.3, 0.4) is 0 Å². The number of hydrogen-bond donors (Lipinski definition) is 1. The highest BCUT2D eigenvalue weighted by Gasteiger charge is 2.36. The third kappa shape index (κ3) is 2.87. The lowest BCUT2D eigenvalue weighted by Gasteiger charge is -2.11. The summed E-state index contributed by atoms with van der Waals surface area (Å²) in [5.41, 5.74) is 2.82. The van der Waals surface area contributed by atoms with Gasteiger partial charge in [-0.05, 0) is 72.6 Å². The molecule has 1 aliphatic rings. The number of phenolic OH excluding ortho intramolecular Hbond substituents is 1. The average Bonchev–Trinajstić information content (AvgIpc) is 2.80. The number of imide groups is 1. The first kappa shape index (κ1) is 15.4. The molecular formula is C18H15NO3S. The topological polar surface area (TPSA) is 57.6 Å².